The molecule has 0 aliphatic rings. The van der Waals surface area contributed by atoms with Gasteiger partial charge >= 0.3 is 0 Å². The van der Waals surface area contributed by atoms with Crippen molar-refractivity contribution in [1.82, 2.24) is 0 Å². The molecule has 0 aromatic heterocycles. The van der Waals surface area contributed by atoms with Crippen molar-refractivity contribution < 1.29 is 8.42 Å². The van der Waals surface area contributed by atoms with E-state index in [4.69, 9.17) is 10.9 Å². The molecule has 102 valence electrons. The summed E-state index contributed by atoms with van der Waals surface area (Å²) in [6.07, 6.45) is 0. The molecule has 5 N–H and O–H groups in total. The van der Waals surface area contributed by atoms with Gasteiger partial charge in [0, 0.05) is 11.4 Å². The Morgan fingerprint density at radius 1 is 1.00 bits per heavy atom. The number of nitrogen functional groups attached to an aromatic ring is 1. The molecule has 0 aliphatic heterocycles. The van der Waals surface area contributed by atoms with Crippen LogP contribution in [-0.2, 0) is 10.2 Å². The van der Waals surface area contributed by atoms with Crippen molar-refractivity contribution in [2.75, 3.05) is 10.5 Å². The summed E-state index contributed by atoms with van der Waals surface area (Å²) in [5.74, 6) is 0. The quantitative estimate of drug-likeness (QED) is 0.732. The van der Waals surface area contributed by atoms with Crippen molar-refractivity contribution in [3.8, 4) is 0 Å². The Hall–Kier alpha value is -2.05. The number of nitrogens with two attached hydrogens (primary N) is 2. The molecule has 0 spiro atoms. The van der Waals surface area contributed by atoms with E-state index in [0.29, 0.717) is 5.69 Å². The molecule has 0 saturated carbocycles. The zero-order valence-corrected chi connectivity index (χ0v) is 11.4. The Morgan fingerprint density at radius 2 is 1.63 bits per heavy atom. The Kier molecular flexibility index (Phi) is 5.35. The van der Waals surface area contributed by atoms with Crippen molar-refractivity contribution in [2.45, 2.75) is 6.92 Å². The number of aryl methyl sites for hydroxylation is 1. The van der Waals surface area contributed by atoms with E-state index in [9.17, 15) is 8.42 Å². The number of hydrogen-bond donors (Lipinski definition) is 3. The number of hydrogen-bond acceptors (Lipinski definition) is 3. The predicted molar refractivity (Wildman–Crippen MR) is 78.8 cm³/mol. The van der Waals surface area contributed by atoms with Gasteiger partial charge in [-0.05, 0) is 36.8 Å². The monoisotopic (exact) mass is 279 g/mol. The van der Waals surface area contributed by atoms with Gasteiger partial charge in [0.05, 0.1) is 0 Å². The highest BCUT2D eigenvalue weighted by Gasteiger charge is 1.98. The summed E-state index contributed by atoms with van der Waals surface area (Å²) >= 11 is 0. The Balaban J connectivity index is 0.000000200. The average molecular weight is 279 g/mol. The standard InChI is InChI=1S/C7H9N.C6H8N2O2S/c1-6-3-2-4-7(8)5-6;7-11(9,10)8-6-4-2-1-3-5-6/h2-5H,8H2,1H3;1-5,8H,(H2,7,9,10). The fourth-order valence-electron chi connectivity index (χ4n) is 1.34. The van der Waals surface area contributed by atoms with E-state index >= 15 is 0 Å². The largest absolute Gasteiger partial charge is 0.399 e. The first-order valence-electron chi connectivity index (χ1n) is 5.54. The highest BCUT2D eigenvalue weighted by atomic mass is 32.2. The second-order valence-corrected chi connectivity index (χ2v) is 5.22. The molecule has 0 aliphatic carbocycles. The van der Waals surface area contributed by atoms with Gasteiger partial charge in [0.2, 0.25) is 0 Å². The summed E-state index contributed by atoms with van der Waals surface area (Å²) in [5, 5.41) is 4.73. The van der Waals surface area contributed by atoms with E-state index < -0.39 is 10.2 Å². The van der Waals surface area contributed by atoms with Gasteiger partial charge in [-0.3, -0.25) is 4.72 Å². The van der Waals surface area contributed by atoms with E-state index in [1.54, 1.807) is 30.3 Å². The number of nitrogens with one attached hydrogen (secondary N) is 1. The van der Waals surface area contributed by atoms with Gasteiger partial charge in [0.1, 0.15) is 0 Å². The SMILES string of the molecule is Cc1cccc(N)c1.NS(=O)(=O)Nc1ccccc1. The normalized spacial score (nSPS) is 10.2. The van der Waals surface area contributed by atoms with Crippen LogP contribution in [0.2, 0.25) is 0 Å². The fourth-order valence-corrected chi connectivity index (χ4v) is 1.81. The molecule has 6 heteroatoms. The van der Waals surface area contributed by atoms with Crippen LogP contribution in [0.25, 0.3) is 0 Å². The number of anilines is 2. The molecule has 2 aromatic rings. The van der Waals surface area contributed by atoms with Gasteiger partial charge in [-0.25, -0.2) is 5.14 Å². The third-order valence-corrected chi connectivity index (χ3v) is 2.60. The van der Waals surface area contributed by atoms with Crippen molar-refractivity contribution in [3.05, 3.63) is 60.2 Å². The molecule has 0 amide bonds. The van der Waals surface area contributed by atoms with Crippen molar-refractivity contribution in [3.63, 3.8) is 0 Å². The number of benzene rings is 2. The van der Waals surface area contributed by atoms with E-state index in [1.165, 1.54) is 5.56 Å². The summed E-state index contributed by atoms with van der Waals surface area (Å²) in [6.45, 7) is 2.02. The summed E-state index contributed by atoms with van der Waals surface area (Å²) in [5.41, 5.74) is 7.98. The maximum Gasteiger partial charge on any atom is 0.296 e. The number of rotatable bonds is 2. The van der Waals surface area contributed by atoms with Gasteiger partial charge in [-0.15, -0.1) is 0 Å². The van der Waals surface area contributed by atoms with Crippen molar-refractivity contribution >= 4 is 21.6 Å². The Bertz CT molecular complexity index is 596. The molecular formula is C13H17N3O2S. The molecule has 19 heavy (non-hydrogen) atoms. The lowest BCUT2D eigenvalue weighted by Crippen LogP contribution is -2.21. The van der Waals surface area contributed by atoms with Crippen LogP contribution < -0.4 is 15.6 Å². The third-order valence-electron chi connectivity index (χ3n) is 2.08. The first kappa shape index (κ1) is 15.0. The van der Waals surface area contributed by atoms with Crippen LogP contribution in [0.4, 0.5) is 11.4 Å². The van der Waals surface area contributed by atoms with Crippen molar-refractivity contribution in [2.24, 2.45) is 5.14 Å². The minimum Gasteiger partial charge on any atom is -0.399 e. The van der Waals surface area contributed by atoms with Crippen LogP contribution in [0, 0.1) is 6.92 Å². The van der Waals surface area contributed by atoms with Crippen LogP contribution in [0.15, 0.2) is 54.6 Å². The van der Waals surface area contributed by atoms with Gasteiger partial charge < -0.3 is 5.73 Å². The van der Waals surface area contributed by atoms with Crippen LogP contribution in [0.5, 0.6) is 0 Å². The fraction of sp³-hybridized carbons (Fsp3) is 0.0769. The van der Waals surface area contributed by atoms with E-state index in [-0.39, 0.29) is 0 Å². The van der Waals surface area contributed by atoms with E-state index in [0.717, 1.165) is 5.69 Å². The zero-order valence-electron chi connectivity index (χ0n) is 10.6. The van der Waals surface area contributed by atoms with Crippen LogP contribution in [0.3, 0.4) is 0 Å². The average Bonchev–Trinajstić information content (AvgIpc) is 2.28. The van der Waals surface area contributed by atoms with Crippen LogP contribution in [0.1, 0.15) is 5.56 Å². The van der Waals surface area contributed by atoms with E-state index in [2.05, 4.69) is 4.72 Å². The van der Waals surface area contributed by atoms with Crippen LogP contribution >= 0.6 is 0 Å². The summed E-state index contributed by atoms with van der Waals surface area (Å²) in [6, 6.07) is 16.2. The topological polar surface area (TPSA) is 98.2 Å². The molecule has 0 heterocycles. The maximum absolute atomic E-state index is 10.5. The zero-order chi connectivity index (χ0) is 14.3. The Labute approximate surface area is 113 Å². The predicted octanol–water partition coefficient (Wildman–Crippen LogP) is 1.88. The third kappa shape index (κ3) is 7.07. The lowest BCUT2D eigenvalue weighted by Gasteiger charge is -2.00. The second-order valence-electron chi connectivity index (χ2n) is 3.93. The highest BCUT2D eigenvalue weighted by molar-refractivity contribution is 7.90. The molecule has 0 saturated heterocycles. The maximum atomic E-state index is 10.5. The highest BCUT2D eigenvalue weighted by Crippen LogP contribution is 2.05. The summed E-state index contributed by atoms with van der Waals surface area (Å²) in [4.78, 5) is 0. The molecule has 0 radical (unpaired) electrons. The van der Waals surface area contributed by atoms with Gasteiger partial charge in [0.15, 0.2) is 0 Å². The molecule has 0 atom stereocenters. The molecule has 5 nitrogen and oxygen atoms in total. The Morgan fingerprint density at radius 3 is 2.05 bits per heavy atom. The molecule has 2 rings (SSSR count). The molecule has 0 unspecified atom stereocenters. The smallest absolute Gasteiger partial charge is 0.296 e. The van der Waals surface area contributed by atoms with Crippen molar-refractivity contribution in [1.29, 1.82) is 0 Å². The first-order valence-corrected chi connectivity index (χ1v) is 7.09. The molecule has 0 bridgehead atoms. The summed E-state index contributed by atoms with van der Waals surface area (Å²) < 4.78 is 23.1. The lowest BCUT2D eigenvalue weighted by atomic mass is 10.2. The van der Waals surface area contributed by atoms with Gasteiger partial charge in [0.25, 0.3) is 10.2 Å². The number of para-hydroxylation sites is 1. The van der Waals surface area contributed by atoms with E-state index in [1.807, 2.05) is 31.2 Å². The minimum atomic E-state index is -3.63. The molecule has 2 aromatic carbocycles. The van der Waals surface area contributed by atoms with Gasteiger partial charge in [-0.2, -0.15) is 8.42 Å². The second kappa shape index (κ2) is 6.77. The first-order chi connectivity index (χ1) is 8.87. The summed E-state index contributed by atoms with van der Waals surface area (Å²) in [7, 11) is -3.63. The lowest BCUT2D eigenvalue weighted by molar-refractivity contribution is 0.603. The van der Waals surface area contributed by atoms with Crippen LogP contribution in [-0.4, -0.2) is 8.42 Å². The van der Waals surface area contributed by atoms with Gasteiger partial charge in [-0.1, -0.05) is 30.3 Å². The molecular weight excluding hydrogens is 262 g/mol. The minimum absolute atomic E-state index is 0.468. The molecule has 0 fully saturated rings.